The van der Waals surface area contributed by atoms with E-state index in [4.69, 9.17) is 0 Å². The van der Waals surface area contributed by atoms with Crippen molar-refractivity contribution in [3.63, 3.8) is 0 Å². The first-order chi connectivity index (χ1) is 8.35. The summed E-state index contributed by atoms with van der Waals surface area (Å²) in [6, 6.07) is 0. The lowest BCUT2D eigenvalue weighted by Crippen LogP contribution is -2.16. The molecule has 0 amide bonds. The van der Waals surface area contributed by atoms with Crippen LogP contribution in [0, 0.1) is 17.8 Å². The minimum absolute atomic E-state index is 0.931. The Morgan fingerprint density at radius 2 is 2.35 bits per heavy atom. The molecule has 3 atom stereocenters. The van der Waals surface area contributed by atoms with Crippen molar-refractivity contribution >= 4 is 0 Å². The Kier molecular flexibility index (Phi) is 3.19. The molecular weight excluding hydrogens is 210 g/mol. The maximum absolute atomic E-state index is 4.48. The van der Waals surface area contributed by atoms with Crippen LogP contribution in [0.25, 0.3) is 0 Å². The third-order valence-electron chi connectivity index (χ3n) is 4.65. The van der Waals surface area contributed by atoms with E-state index in [0.29, 0.717) is 0 Å². The Bertz CT molecular complexity index is 371. The van der Waals surface area contributed by atoms with Crippen molar-refractivity contribution in [1.82, 2.24) is 14.9 Å². The minimum Gasteiger partial charge on any atom is -0.337 e. The Morgan fingerprint density at radius 1 is 1.41 bits per heavy atom. The van der Waals surface area contributed by atoms with Gasteiger partial charge in [0.2, 0.25) is 0 Å². The van der Waals surface area contributed by atoms with Crippen LogP contribution < -0.4 is 5.32 Å². The second kappa shape index (κ2) is 4.81. The number of fused-ring (bicyclic) bond motifs is 2. The fourth-order valence-corrected chi connectivity index (χ4v) is 3.76. The van der Waals surface area contributed by atoms with E-state index in [0.717, 1.165) is 30.7 Å². The molecule has 2 aliphatic rings. The molecule has 1 heterocycles. The summed E-state index contributed by atoms with van der Waals surface area (Å²) in [4.78, 5) is 4.48. The second-order valence-electron chi connectivity index (χ2n) is 5.85. The molecule has 3 nitrogen and oxygen atoms in total. The zero-order chi connectivity index (χ0) is 11.7. The molecule has 0 aromatic carbocycles. The lowest BCUT2D eigenvalue weighted by molar-refractivity contribution is 0.295. The van der Waals surface area contributed by atoms with Crippen LogP contribution >= 0.6 is 0 Å². The van der Waals surface area contributed by atoms with Gasteiger partial charge in [-0.3, -0.25) is 0 Å². The Hall–Kier alpha value is -0.830. The number of hydrogen-bond acceptors (Lipinski definition) is 2. The lowest BCUT2D eigenvalue weighted by atomic mass is 9.89. The summed E-state index contributed by atoms with van der Waals surface area (Å²) in [5.41, 5.74) is 1.22. The average Bonchev–Trinajstić information content (AvgIpc) is 3.02. The van der Waals surface area contributed by atoms with Gasteiger partial charge in [-0.1, -0.05) is 6.42 Å². The van der Waals surface area contributed by atoms with Crippen LogP contribution in [0.1, 0.15) is 31.4 Å². The molecule has 1 aromatic heterocycles. The molecule has 0 spiro atoms. The molecule has 2 bridgehead atoms. The summed E-state index contributed by atoms with van der Waals surface area (Å²) in [5.74, 6) is 3.00. The van der Waals surface area contributed by atoms with Gasteiger partial charge in [-0.15, -0.1) is 0 Å². The lowest BCUT2D eigenvalue weighted by Gasteiger charge is -2.21. The molecule has 2 saturated carbocycles. The van der Waals surface area contributed by atoms with E-state index >= 15 is 0 Å². The van der Waals surface area contributed by atoms with Crippen molar-refractivity contribution in [3.05, 3.63) is 18.2 Å². The highest BCUT2D eigenvalue weighted by Gasteiger charge is 2.39. The molecule has 3 unspecified atom stereocenters. The van der Waals surface area contributed by atoms with E-state index < -0.39 is 0 Å². The number of rotatable bonds is 5. The standard InChI is InChI=1S/C14H23N3/c1-15-5-4-14-9-17(10-16-14)8-13-7-11-2-3-12(13)6-11/h9-13,15H,2-8H2,1H3. The summed E-state index contributed by atoms with van der Waals surface area (Å²) in [6.07, 6.45) is 11.3. The van der Waals surface area contributed by atoms with E-state index in [1.807, 2.05) is 13.4 Å². The van der Waals surface area contributed by atoms with Crippen LogP contribution in [0.15, 0.2) is 12.5 Å². The number of aromatic nitrogens is 2. The number of hydrogen-bond donors (Lipinski definition) is 1. The number of likely N-dealkylation sites (N-methyl/N-ethyl adjacent to an activating group) is 1. The largest absolute Gasteiger partial charge is 0.337 e. The first-order valence-electron chi connectivity index (χ1n) is 7.00. The molecule has 3 heteroatoms. The predicted octanol–water partition coefficient (Wildman–Crippen LogP) is 2.08. The van der Waals surface area contributed by atoms with Crippen LogP contribution in [0.4, 0.5) is 0 Å². The number of imidazole rings is 1. The van der Waals surface area contributed by atoms with E-state index in [9.17, 15) is 0 Å². The highest BCUT2D eigenvalue weighted by molar-refractivity contribution is 4.98. The summed E-state index contributed by atoms with van der Waals surface area (Å²) >= 11 is 0. The van der Waals surface area contributed by atoms with Gasteiger partial charge in [-0.05, 0) is 44.1 Å². The number of nitrogens with zero attached hydrogens (tertiary/aromatic N) is 2. The molecule has 2 aliphatic carbocycles. The van der Waals surface area contributed by atoms with Crippen LogP contribution in [0.3, 0.4) is 0 Å². The average molecular weight is 233 g/mol. The minimum atomic E-state index is 0.931. The van der Waals surface area contributed by atoms with E-state index in [1.54, 1.807) is 0 Å². The molecule has 0 radical (unpaired) electrons. The van der Waals surface area contributed by atoms with Gasteiger partial charge >= 0.3 is 0 Å². The van der Waals surface area contributed by atoms with Gasteiger partial charge in [0.15, 0.2) is 0 Å². The maximum Gasteiger partial charge on any atom is 0.0949 e. The molecule has 1 aromatic rings. The fourth-order valence-electron chi connectivity index (χ4n) is 3.76. The topological polar surface area (TPSA) is 29.9 Å². The summed E-state index contributed by atoms with van der Waals surface area (Å²) < 4.78 is 2.32. The molecule has 94 valence electrons. The van der Waals surface area contributed by atoms with Crippen molar-refractivity contribution in [2.75, 3.05) is 13.6 Å². The van der Waals surface area contributed by atoms with Gasteiger partial charge in [0.25, 0.3) is 0 Å². The van der Waals surface area contributed by atoms with Crippen LogP contribution in [-0.2, 0) is 13.0 Å². The van der Waals surface area contributed by atoms with Crippen molar-refractivity contribution in [2.24, 2.45) is 17.8 Å². The van der Waals surface area contributed by atoms with Crippen molar-refractivity contribution < 1.29 is 0 Å². The van der Waals surface area contributed by atoms with Crippen LogP contribution in [0.2, 0.25) is 0 Å². The molecule has 1 N–H and O–H groups in total. The predicted molar refractivity (Wildman–Crippen MR) is 68.8 cm³/mol. The zero-order valence-corrected chi connectivity index (χ0v) is 10.7. The first kappa shape index (κ1) is 11.3. The summed E-state index contributed by atoms with van der Waals surface area (Å²) in [6.45, 7) is 2.22. The van der Waals surface area contributed by atoms with Crippen molar-refractivity contribution in [3.8, 4) is 0 Å². The van der Waals surface area contributed by atoms with Gasteiger partial charge in [0, 0.05) is 25.7 Å². The second-order valence-corrected chi connectivity index (χ2v) is 5.85. The zero-order valence-electron chi connectivity index (χ0n) is 10.7. The van der Waals surface area contributed by atoms with Gasteiger partial charge in [0.1, 0.15) is 0 Å². The quantitative estimate of drug-likeness (QED) is 0.844. The van der Waals surface area contributed by atoms with Gasteiger partial charge in [-0.25, -0.2) is 4.98 Å². The highest BCUT2D eigenvalue weighted by Crippen LogP contribution is 2.48. The Morgan fingerprint density at radius 3 is 3.06 bits per heavy atom. The fraction of sp³-hybridized carbons (Fsp3) is 0.786. The molecule has 17 heavy (non-hydrogen) atoms. The molecular formula is C14H23N3. The van der Waals surface area contributed by atoms with Gasteiger partial charge < -0.3 is 9.88 Å². The molecule has 2 fully saturated rings. The molecule has 3 rings (SSSR count). The first-order valence-corrected chi connectivity index (χ1v) is 7.00. The van der Waals surface area contributed by atoms with Crippen LogP contribution in [-0.4, -0.2) is 23.1 Å². The monoisotopic (exact) mass is 233 g/mol. The van der Waals surface area contributed by atoms with Crippen molar-refractivity contribution in [2.45, 2.75) is 38.6 Å². The SMILES string of the molecule is CNCCc1cn(CC2CC3CCC2C3)cn1. The van der Waals surface area contributed by atoms with E-state index in [-0.39, 0.29) is 0 Å². The Labute approximate surface area is 104 Å². The normalized spacial score (nSPS) is 31.2. The van der Waals surface area contributed by atoms with Gasteiger partial charge in [0.05, 0.1) is 12.0 Å². The molecule has 0 saturated heterocycles. The van der Waals surface area contributed by atoms with E-state index in [1.165, 1.54) is 37.9 Å². The smallest absolute Gasteiger partial charge is 0.0949 e. The summed E-state index contributed by atoms with van der Waals surface area (Å²) in [5, 5.41) is 3.17. The van der Waals surface area contributed by atoms with Gasteiger partial charge in [-0.2, -0.15) is 0 Å². The summed E-state index contributed by atoms with van der Waals surface area (Å²) in [7, 11) is 1.99. The van der Waals surface area contributed by atoms with Crippen molar-refractivity contribution in [1.29, 1.82) is 0 Å². The Balaban J connectivity index is 1.56. The van der Waals surface area contributed by atoms with E-state index in [2.05, 4.69) is 21.1 Å². The number of nitrogens with one attached hydrogen (secondary N) is 1. The molecule has 0 aliphatic heterocycles. The highest BCUT2D eigenvalue weighted by atomic mass is 15.0. The van der Waals surface area contributed by atoms with Crippen LogP contribution in [0.5, 0.6) is 0 Å². The third-order valence-corrected chi connectivity index (χ3v) is 4.65. The third kappa shape index (κ3) is 2.39. The maximum atomic E-state index is 4.48.